The second-order valence-corrected chi connectivity index (χ2v) is 5.61. The van der Waals surface area contributed by atoms with E-state index in [2.05, 4.69) is 12.2 Å². The first-order valence-electron chi connectivity index (χ1n) is 6.66. The molecule has 0 aliphatic heterocycles. The lowest BCUT2D eigenvalue weighted by Crippen LogP contribution is -2.49. The third-order valence-electron chi connectivity index (χ3n) is 4.47. The van der Waals surface area contributed by atoms with Gasteiger partial charge in [0.25, 0.3) is 0 Å². The van der Waals surface area contributed by atoms with Gasteiger partial charge in [-0.05, 0) is 31.6 Å². The molecule has 2 nitrogen and oxygen atoms in total. The summed E-state index contributed by atoms with van der Waals surface area (Å²) in [4.78, 5) is 0. The lowest BCUT2D eigenvalue weighted by Gasteiger charge is -2.39. The molecule has 0 radical (unpaired) electrons. The van der Waals surface area contributed by atoms with Crippen LogP contribution < -0.4 is 5.32 Å². The first-order valence-corrected chi connectivity index (χ1v) is 6.66. The van der Waals surface area contributed by atoms with Crippen LogP contribution in [0.3, 0.4) is 0 Å². The molecule has 0 aromatic carbocycles. The van der Waals surface area contributed by atoms with Crippen LogP contribution in [0.15, 0.2) is 0 Å². The monoisotopic (exact) mass is 211 g/mol. The molecule has 88 valence electrons. The number of rotatable bonds is 3. The summed E-state index contributed by atoms with van der Waals surface area (Å²) in [5.74, 6) is 0.472. The SMILES string of the molecule is CC1CCCCC1(O)CNC1CCCC1. The highest BCUT2D eigenvalue weighted by atomic mass is 16.3. The number of hydrogen-bond acceptors (Lipinski definition) is 2. The van der Waals surface area contributed by atoms with Crippen molar-refractivity contribution in [3.8, 4) is 0 Å². The number of hydrogen-bond donors (Lipinski definition) is 2. The maximum absolute atomic E-state index is 10.5. The van der Waals surface area contributed by atoms with Crippen LogP contribution >= 0.6 is 0 Å². The molecular weight excluding hydrogens is 186 g/mol. The van der Waals surface area contributed by atoms with Crippen molar-refractivity contribution in [3.63, 3.8) is 0 Å². The molecule has 2 heteroatoms. The van der Waals surface area contributed by atoms with Crippen LogP contribution in [0.5, 0.6) is 0 Å². The summed E-state index contributed by atoms with van der Waals surface area (Å²) in [5, 5.41) is 14.1. The second kappa shape index (κ2) is 4.84. The van der Waals surface area contributed by atoms with E-state index in [4.69, 9.17) is 0 Å². The number of nitrogens with one attached hydrogen (secondary N) is 1. The zero-order valence-corrected chi connectivity index (χ0v) is 9.97. The van der Waals surface area contributed by atoms with Crippen LogP contribution in [0.25, 0.3) is 0 Å². The molecular formula is C13H25NO. The van der Waals surface area contributed by atoms with Crippen LogP contribution in [-0.2, 0) is 0 Å². The molecule has 2 fully saturated rings. The molecule has 0 saturated heterocycles. The van der Waals surface area contributed by atoms with Gasteiger partial charge >= 0.3 is 0 Å². The fourth-order valence-electron chi connectivity index (χ4n) is 3.11. The molecule has 0 spiro atoms. The molecule has 2 aliphatic rings. The average molecular weight is 211 g/mol. The molecule has 0 heterocycles. The van der Waals surface area contributed by atoms with Gasteiger partial charge in [0.05, 0.1) is 5.60 Å². The number of aliphatic hydroxyl groups is 1. The normalized spacial score (nSPS) is 38.4. The Labute approximate surface area is 93.5 Å². The van der Waals surface area contributed by atoms with Gasteiger partial charge in [0.15, 0.2) is 0 Å². The van der Waals surface area contributed by atoms with Crippen molar-refractivity contribution in [2.45, 2.75) is 69.9 Å². The van der Waals surface area contributed by atoms with Crippen molar-refractivity contribution in [1.82, 2.24) is 5.32 Å². The lowest BCUT2D eigenvalue weighted by atomic mass is 9.76. The van der Waals surface area contributed by atoms with Crippen LogP contribution in [0.4, 0.5) is 0 Å². The lowest BCUT2D eigenvalue weighted by molar-refractivity contribution is -0.0410. The Morgan fingerprint density at radius 3 is 2.47 bits per heavy atom. The van der Waals surface area contributed by atoms with Crippen molar-refractivity contribution in [1.29, 1.82) is 0 Å². The van der Waals surface area contributed by atoms with E-state index in [0.717, 1.165) is 13.0 Å². The third kappa shape index (κ3) is 2.73. The van der Waals surface area contributed by atoms with Crippen molar-refractivity contribution in [2.75, 3.05) is 6.54 Å². The predicted octanol–water partition coefficient (Wildman–Crippen LogP) is 2.46. The Morgan fingerprint density at radius 1 is 1.13 bits per heavy atom. The maximum Gasteiger partial charge on any atom is 0.0797 e. The fraction of sp³-hybridized carbons (Fsp3) is 1.00. The average Bonchev–Trinajstić information content (AvgIpc) is 2.73. The summed E-state index contributed by atoms with van der Waals surface area (Å²) >= 11 is 0. The summed E-state index contributed by atoms with van der Waals surface area (Å²) in [5.41, 5.74) is -0.416. The van der Waals surface area contributed by atoms with Gasteiger partial charge in [0.1, 0.15) is 0 Å². The Bertz CT molecular complexity index is 201. The Hall–Kier alpha value is -0.0800. The topological polar surface area (TPSA) is 32.3 Å². The highest BCUT2D eigenvalue weighted by Gasteiger charge is 2.36. The van der Waals surface area contributed by atoms with Crippen molar-refractivity contribution < 1.29 is 5.11 Å². The molecule has 2 atom stereocenters. The van der Waals surface area contributed by atoms with Crippen LogP contribution in [0, 0.1) is 5.92 Å². The van der Waals surface area contributed by atoms with Gasteiger partial charge in [-0.25, -0.2) is 0 Å². The molecule has 2 rings (SSSR count). The summed E-state index contributed by atoms with van der Waals surface area (Å²) in [6.07, 6.45) is 10.0. The van der Waals surface area contributed by atoms with Crippen molar-refractivity contribution in [2.24, 2.45) is 5.92 Å². The Balaban J connectivity index is 1.80. The van der Waals surface area contributed by atoms with E-state index in [9.17, 15) is 5.11 Å². The predicted molar refractivity (Wildman–Crippen MR) is 62.8 cm³/mol. The fourth-order valence-corrected chi connectivity index (χ4v) is 3.11. The molecule has 2 aliphatic carbocycles. The van der Waals surface area contributed by atoms with Gasteiger partial charge < -0.3 is 10.4 Å². The van der Waals surface area contributed by atoms with Gasteiger partial charge in [-0.2, -0.15) is 0 Å². The zero-order valence-electron chi connectivity index (χ0n) is 9.97. The van der Waals surface area contributed by atoms with Gasteiger partial charge in [-0.1, -0.05) is 32.6 Å². The largest absolute Gasteiger partial charge is 0.388 e. The van der Waals surface area contributed by atoms with Crippen LogP contribution in [0.2, 0.25) is 0 Å². The minimum Gasteiger partial charge on any atom is -0.388 e. The first kappa shape index (κ1) is 11.4. The molecule has 2 saturated carbocycles. The standard InChI is InChI=1S/C13H25NO/c1-11-6-4-5-9-13(11,15)10-14-12-7-2-3-8-12/h11-12,14-15H,2-10H2,1H3. The van der Waals surface area contributed by atoms with Crippen LogP contribution in [0.1, 0.15) is 58.3 Å². The third-order valence-corrected chi connectivity index (χ3v) is 4.47. The van der Waals surface area contributed by atoms with Gasteiger partial charge in [-0.3, -0.25) is 0 Å². The summed E-state index contributed by atoms with van der Waals surface area (Å²) in [6, 6.07) is 0.683. The van der Waals surface area contributed by atoms with Gasteiger partial charge in [0.2, 0.25) is 0 Å². The summed E-state index contributed by atoms with van der Waals surface area (Å²) in [6.45, 7) is 3.02. The molecule has 15 heavy (non-hydrogen) atoms. The molecule has 2 N–H and O–H groups in total. The van der Waals surface area contributed by atoms with E-state index in [0.29, 0.717) is 12.0 Å². The smallest absolute Gasteiger partial charge is 0.0797 e. The Kier molecular flexibility index (Phi) is 3.68. The minimum atomic E-state index is -0.416. The molecule has 0 aromatic rings. The van der Waals surface area contributed by atoms with Crippen molar-refractivity contribution >= 4 is 0 Å². The summed E-state index contributed by atoms with van der Waals surface area (Å²) < 4.78 is 0. The quantitative estimate of drug-likeness (QED) is 0.751. The second-order valence-electron chi connectivity index (χ2n) is 5.61. The van der Waals surface area contributed by atoms with Crippen LogP contribution in [-0.4, -0.2) is 23.3 Å². The van der Waals surface area contributed by atoms with E-state index in [1.54, 1.807) is 0 Å². The van der Waals surface area contributed by atoms with Gasteiger partial charge in [-0.15, -0.1) is 0 Å². The molecule has 0 amide bonds. The zero-order chi connectivity index (χ0) is 10.7. The highest BCUT2D eigenvalue weighted by molar-refractivity contribution is 4.91. The minimum absolute atomic E-state index is 0.416. The first-order chi connectivity index (χ1) is 7.21. The van der Waals surface area contributed by atoms with Gasteiger partial charge in [0, 0.05) is 12.6 Å². The van der Waals surface area contributed by atoms with E-state index in [-0.39, 0.29) is 0 Å². The molecule has 0 aromatic heterocycles. The molecule has 2 unspecified atom stereocenters. The van der Waals surface area contributed by atoms with E-state index >= 15 is 0 Å². The van der Waals surface area contributed by atoms with E-state index in [1.165, 1.54) is 44.9 Å². The molecule has 0 bridgehead atoms. The highest BCUT2D eigenvalue weighted by Crippen LogP contribution is 2.33. The Morgan fingerprint density at radius 2 is 1.80 bits per heavy atom. The van der Waals surface area contributed by atoms with E-state index in [1.807, 2.05) is 0 Å². The van der Waals surface area contributed by atoms with E-state index < -0.39 is 5.60 Å². The maximum atomic E-state index is 10.5. The summed E-state index contributed by atoms with van der Waals surface area (Å²) in [7, 11) is 0. The van der Waals surface area contributed by atoms with Crippen molar-refractivity contribution in [3.05, 3.63) is 0 Å².